The number of nitrogens with one attached hydrogen (secondary N) is 1. The molecular formula is C25H29N3O2. The fraction of sp³-hybridized carbons (Fsp3) is 0.440. The minimum atomic E-state index is 0.0646. The van der Waals surface area contributed by atoms with Crippen molar-refractivity contribution in [3.8, 4) is 5.75 Å². The molecule has 3 aliphatic heterocycles. The molecule has 1 spiro atoms. The van der Waals surface area contributed by atoms with E-state index in [0.29, 0.717) is 0 Å². The van der Waals surface area contributed by atoms with Crippen molar-refractivity contribution in [1.29, 1.82) is 0 Å². The van der Waals surface area contributed by atoms with Crippen LogP contribution in [0.5, 0.6) is 5.75 Å². The van der Waals surface area contributed by atoms with Crippen LogP contribution in [0, 0.1) is 0 Å². The van der Waals surface area contributed by atoms with Crippen molar-refractivity contribution in [3.05, 3.63) is 59.0 Å². The Morgan fingerprint density at radius 1 is 1.17 bits per heavy atom. The Bertz CT molecular complexity index is 994. The molecule has 1 aromatic carbocycles. The second kappa shape index (κ2) is 7.46. The number of ether oxygens (including phenoxy) is 1. The van der Waals surface area contributed by atoms with Crippen LogP contribution < -0.4 is 10.1 Å². The third-order valence-electron chi connectivity index (χ3n) is 7.23. The zero-order valence-corrected chi connectivity index (χ0v) is 17.7. The zero-order chi connectivity index (χ0) is 20.7. The van der Waals surface area contributed by atoms with Crippen molar-refractivity contribution in [1.82, 2.24) is 10.2 Å². The van der Waals surface area contributed by atoms with E-state index in [2.05, 4.69) is 46.2 Å². The molecule has 0 radical (unpaired) electrons. The summed E-state index contributed by atoms with van der Waals surface area (Å²) in [5, 5.41) is 3.19. The van der Waals surface area contributed by atoms with Gasteiger partial charge in [-0.05, 0) is 85.9 Å². The first kappa shape index (κ1) is 19.2. The lowest BCUT2D eigenvalue weighted by molar-refractivity contribution is -0.117. The second-order valence-electron chi connectivity index (χ2n) is 8.84. The average molecular weight is 404 g/mol. The Hall–Kier alpha value is -2.82. The Morgan fingerprint density at radius 2 is 1.93 bits per heavy atom. The minimum absolute atomic E-state index is 0.0646. The number of piperidine rings is 1. The topological polar surface area (TPSA) is 53.9 Å². The molecule has 0 unspecified atom stereocenters. The minimum Gasteiger partial charge on any atom is -0.497 e. The molecule has 30 heavy (non-hydrogen) atoms. The highest BCUT2D eigenvalue weighted by atomic mass is 16.5. The molecule has 1 aliphatic carbocycles. The molecule has 5 nitrogen and oxygen atoms in total. The fourth-order valence-electron chi connectivity index (χ4n) is 5.42. The maximum atomic E-state index is 12.9. The lowest BCUT2D eigenvalue weighted by atomic mass is 9.69. The summed E-state index contributed by atoms with van der Waals surface area (Å²) in [4.78, 5) is 19.8. The summed E-state index contributed by atoms with van der Waals surface area (Å²) in [5.74, 6) is 1.86. The SMILES string of the molecule is C=C1C=C(N2CCC3(CC=Nc4ccc(OC)cc43)CC2)NC(=O)C2=C1CCCC2. The van der Waals surface area contributed by atoms with E-state index in [9.17, 15) is 4.79 Å². The maximum Gasteiger partial charge on any atom is 0.252 e. The van der Waals surface area contributed by atoms with Crippen LogP contribution in [-0.2, 0) is 10.2 Å². The number of allylic oxidation sites excluding steroid dienone is 3. The summed E-state index contributed by atoms with van der Waals surface area (Å²) < 4.78 is 5.48. The van der Waals surface area contributed by atoms with E-state index in [1.165, 1.54) is 5.56 Å². The van der Waals surface area contributed by atoms with Crippen LogP contribution in [0.25, 0.3) is 0 Å². The van der Waals surface area contributed by atoms with Crippen LogP contribution in [0.1, 0.15) is 50.5 Å². The van der Waals surface area contributed by atoms with E-state index in [1.807, 2.05) is 6.07 Å². The standard InChI is InChI=1S/C25H29N3O2/c1-17-15-23(27-24(29)20-6-4-3-5-19(17)20)28-13-10-25(11-14-28)9-12-26-22-8-7-18(30-2)16-21(22)25/h7-8,12,15-16H,1,3-6,9-11,13-14H2,2H3,(H,27,29). The second-order valence-corrected chi connectivity index (χ2v) is 8.84. The third-order valence-corrected chi connectivity index (χ3v) is 7.23. The molecule has 3 heterocycles. The highest BCUT2D eigenvalue weighted by Crippen LogP contribution is 2.46. The number of amides is 1. The van der Waals surface area contributed by atoms with E-state index in [1.54, 1.807) is 7.11 Å². The summed E-state index contributed by atoms with van der Waals surface area (Å²) in [7, 11) is 1.71. The first-order valence-corrected chi connectivity index (χ1v) is 11.0. The molecule has 156 valence electrons. The monoisotopic (exact) mass is 403 g/mol. The van der Waals surface area contributed by atoms with Crippen molar-refractivity contribution < 1.29 is 9.53 Å². The van der Waals surface area contributed by atoms with Gasteiger partial charge in [0.15, 0.2) is 0 Å². The number of nitrogens with zero attached hydrogens (tertiary/aromatic N) is 2. The molecule has 0 saturated carbocycles. The van der Waals surface area contributed by atoms with Gasteiger partial charge in [-0.2, -0.15) is 0 Å². The van der Waals surface area contributed by atoms with Crippen molar-refractivity contribution in [2.75, 3.05) is 20.2 Å². The normalized spacial score (nSPS) is 22.8. The quantitative estimate of drug-likeness (QED) is 0.789. The smallest absolute Gasteiger partial charge is 0.252 e. The van der Waals surface area contributed by atoms with Crippen LogP contribution in [0.2, 0.25) is 0 Å². The number of carbonyl (C=O) groups is 1. The van der Waals surface area contributed by atoms with Gasteiger partial charge in [-0.3, -0.25) is 9.79 Å². The largest absolute Gasteiger partial charge is 0.497 e. The van der Waals surface area contributed by atoms with Gasteiger partial charge in [0.25, 0.3) is 5.91 Å². The van der Waals surface area contributed by atoms with Crippen molar-refractivity contribution in [3.63, 3.8) is 0 Å². The molecular weight excluding hydrogens is 374 g/mol. The number of rotatable bonds is 2. The number of hydrogen-bond acceptors (Lipinski definition) is 4. The van der Waals surface area contributed by atoms with Gasteiger partial charge in [0.2, 0.25) is 0 Å². The molecule has 1 fully saturated rings. The van der Waals surface area contributed by atoms with Gasteiger partial charge in [-0.25, -0.2) is 0 Å². The molecule has 0 bridgehead atoms. The van der Waals surface area contributed by atoms with Gasteiger partial charge in [0.05, 0.1) is 12.8 Å². The number of carbonyl (C=O) groups excluding carboxylic acids is 1. The Labute approximate surface area is 178 Å². The summed E-state index contributed by atoms with van der Waals surface area (Å²) in [6.07, 6.45) is 11.2. The number of likely N-dealkylation sites (tertiary alicyclic amines) is 1. The highest BCUT2D eigenvalue weighted by molar-refractivity contribution is 5.97. The van der Waals surface area contributed by atoms with E-state index >= 15 is 0 Å². The number of hydrogen-bond donors (Lipinski definition) is 1. The number of methoxy groups -OCH3 is 1. The van der Waals surface area contributed by atoms with E-state index in [-0.39, 0.29) is 11.3 Å². The highest BCUT2D eigenvalue weighted by Gasteiger charge is 2.40. The Kier molecular flexibility index (Phi) is 4.76. The van der Waals surface area contributed by atoms with Crippen molar-refractivity contribution in [2.24, 2.45) is 4.99 Å². The molecule has 0 aromatic heterocycles. The molecule has 1 saturated heterocycles. The third kappa shape index (κ3) is 3.17. The van der Waals surface area contributed by atoms with Gasteiger partial charge >= 0.3 is 0 Å². The molecule has 4 aliphatic rings. The first-order chi connectivity index (χ1) is 14.6. The van der Waals surface area contributed by atoms with Crippen LogP contribution >= 0.6 is 0 Å². The lowest BCUT2D eigenvalue weighted by Crippen LogP contribution is -2.46. The summed E-state index contributed by atoms with van der Waals surface area (Å²) >= 11 is 0. The van der Waals surface area contributed by atoms with Gasteiger partial charge < -0.3 is 15.0 Å². The van der Waals surface area contributed by atoms with E-state index in [0.717, 1.165) is 92.0 Å². The zero-order valence-electron chi connectivity index (χ0n) is 17.7. The Balaban J connectivity index is 1.37. The molecule has 0 atom stereocenters. The van der Waals surface area contributed by atoms with E-state index < -0.39 is 0 Å². The van der Waals surface area contributed by atoms with Crippen LogP contribution in [0.15, 0.2) is 58.4 Å². The molecule has 5 heteroatoms. The summed E-state index contributed by atoms with van der Waals surface area (Å²) in [6, 6.07) is 6.21. The molecule has 1 amide bonds. The average Bonchev–Trinajstić information content (AvgIpc) is 2.91. The molecule has 1 N–H and O–H groups in total. The predicted molar refractivity (Wildman–Crippen MR) is 119 cm³/mol. The van der Waals surface area contributed by atoms with Gasteiger partial charge in [-0.1, -0.05) is 6.58 Å². The fourth-order valence-corrected chi connectivity index (χ4v) is 5.42. The van der Waals surface area contributed by atoms with Crippen LogP contribution in [-0.4, -0.2) is 37.2 Å². The summed E-state index contributed by atoms with van der Waals surface area (Å²) in [6.45, 7) is 6.08. The van der Waals surface area contributed by atoms with Crippen molar-refractivity contribution in [2.45, 2.75) is 50.4 Å². The van der Waals surface area contributed by atoms with Gasteiger partial charge in [0.1, 0.15) is 11.6 Å². The molecule has 5 rings (SSSR count). The number of benzene rings is 1. The van der Waals surface area contributed by atoms with Gasteiger partial charge in [0, 0.05) is 30.3 Å². The predicted octanol–water partition coefficient (Wildman–Crippen LogP) is 4.53. The maximum absolute atomic E-state index is 12.9. The Morgan fingerprint density at radius 3 is 2.70 bits per heavy atom. The van der Waals surface area contributed by atoms with Crippen LogP contribution in [0.4, 0.5) is 5.69 Å². The van der Waals surface area contributed by atoms with Gasteiger partial charge in [-0.15, -0.1) is 0 Å². The lowest BCUT2D eigenvalue weighted by Gasteiger charge is -2.44. The summed E-state index contributed by atoms with van der Waals surface area (Å²) in [5.41, 5.74) is 5.54. The van der Waals surface area contributed by atoms with Crippen LogP contribution in [0.3, 0.4) is 0 Å². The van der Waals surface area contributed by atoms with E-state index in [4.69, 9.17) is 4.74 Å². The molecule has 1 aromatic rings. The first-order valence-electron chi connectivity index (χ1n) is 11.0. The number of aliphatic imine (C=N–C) groups is 1. The van der Waals surface area contributed by atoms with Crippen molar-refractivity contribution >= 4 is 17.8 Å². The number of fused-ring (bicyclic) bond motifs is 2.